The van der Waals surface area contributed by atoms with E-state index in [1.165, 1.54) is 11.1 Å². The van der Waals surface area contributed by atoms with Gasteiger partial charge in [0.15, 0.2) is 0 Å². The van der Waals surface area contributed by atoms with Crippen LogP contribution < -0.4 is 5.73 Å². The molecular formula is C13H20N4O3. The van der Waals surface area contributed by atoms with Gasteiger partial charge in [-0.15, -0.1) is 0 Å². The number of rotatable bonds is 4. The quantitative estimate of drug-likeness (QED) is 0.824. The molecule has 0 radical (unpaired) electrons. The van der Waals surface area contributed by atoms with Gasteiger partial charge in [0, 0.05) is 25.4 Å². The van der Waals surface area contributed by atoms with Gasteiger partial charge in [0.2, 0.25) is 5.91 Å². The van der Waals surface area contributed by atoms with Crippen molar-refractivity contribution in [2.45, 2.75) is 37.8 Å². The normalized spacial score (nSPS) is 23.9. The van der Waals surface area contributed by atoms with Gasteiger partial charge in [-0.1, -0.05) is 6.92 Å². The van der Waals surface area contributed by atoms with Crippen LogP contribution in [0.2, 0.25) is 0 Å². The zero-order valence-electron chi connectivity index (χ0n) is 11.7. The molecule has 0 spiro atoms. The Labute approximate surface area is 117 Å². The second kappa shape index (κ2) is 5.24. The number of amides is 1. The molecule has 2 unspecified atom stereocenters. The van der Waals surface area contributed by atoms with E-state index in [2.05, 4.69) is 5.10 Å². The second-order valence-corrected chi connectivity index (χ2v) is 5.21. The Balaban J connectivity index is 2.26. The molecule has 1 aliphatic heterocycles. The largest absolute Gasteiger partial charge is 0.479 e. The van der Waals surface area contributed by atoms with Gasteiger partial charge in [-0.3, -0.25) is 9.48 Å². The van der Waals surface area contributed by atoms with Gasteiger partial charge in [0.25, 0.3) is 0 Å². The number of hydrogen-bond acceptors (Lipinski definition) is 4. The van der Waals surface area contributed by atoms with Crippen molar-refractivity contribution in [3.8, 4) is 0 Å². The highest BCUT2D eigenvalue weighted by Crippen LogP contribution is 2.34. The van der Waals surface area contributed by atoms with Crippen LogP contribution in [0.1, 0.15) is 37.8 Å². The number of nitrogens with zero attached hydrogens (tertiary/aromatic N) is 3. The van der Waals surface area contributed by atoms with E-state index in [4.69, 9.17) is 5.73 Å². The lowest BCUT2D eigenvalue weighted by Gasteiger charge is -2.35. The zero-order valence-corrected chi connectivity index (χ0v) is 11.7. The standard InChI is InChI=1S/C13H20N4O3/c1-3-13(12(19)20)5-4-6-17(13)11(18)10(14)9-7-15-16(2)8-9/h7-8,10H,3-6,14H2,1-2H3,(H,19,20). The summed E-state index contributed by atoms with van der Waals surface area (Å²) in [6, 6.07) is -0.868. The van der Waals surface area contributed by atoms with Crippen LogP contribution in [0, 0.1) is 0 Å². The highest BCUT2D eigenvalue weighted by molar-refractivity contribution is 5.90. The molecule has 2 heterocycles. The number of carbonyl (C=O) groups is 2. The summed E-state index contributed by atoms with van der Waals surface area (Å²) in [7, 11) is 1.74. The first-order chi connectivity index (χ1) is 9.42. The molecule has 1 saturated heterocycles. The van der Waals surface area contributed by atoms with Gasteiger partial charge in [-0.25, -0.2) is 4.79 Å². The van der Waals surface area contributed by atoms with Gasteiger partial charge < -0.3 is 15.7 Å². The summed E-state index contributed by atoms with van der Waals surface area (Å²) in [4.78, 5) is 25.5. The molecule has 0 saturated carbocycles. The molecule has 1 amide bonds. The summed E-state index contributed by atoms with van der Waals surface area (Å²) in [5.74, 6) is -1.30. The first kappa shape index (κ1) is 14.5. The summed E-state index contributed by atoms with van der Waals surface area (Å²) < 4.78 is 1.57. The maximum Gasteiger partial charge on any atom is 0.329 e. The molecule has 0 aromatic carbocycles. The third kappa shape index (κ3) is 2.18. The van der Waals surface area contributed by atoms with E-state index in [9.17, 15) is 14.7 Å². The van der Waals surface area contributed by atoms with Crippen LogP contribution in [-0.2, 0) is 16.6 Å². The van der Waals surface area contributed by atoms with Crippen LogP contribution >= 0.6 is 0 Å². The van der Waals surface area contributed by atoms with E-state index in [1.807, 2.05) is 0 Å². The van der Waals surface area contributed by atoms with Gasteiger partial charge >= 0.3 is 5.97 Å². The lowest BCUT2D eigenvalue weighted by molar-refractivity contribution is -0.157. The summed E-state index contributed by atoms with van der Waals surface area (Å²) in [5, 5.41) is 13.5. The van der Waals surface area contributed by atoms with Crippen molar-refractivity contribution in [1.29, 1.82) is 0 Å². The number of nitrogens with two attached hydrogens (primary N) is 1. The van der Waals surface area contributed by atoms with Crippen molar-refractivity contribution in [2.24, 2.45) is 12.8 Å². The lowest BCUT2D eigenvalue weighted by Crippen LogP contribution is -2.54. The molecule has 110 valence electrons. The average Bonchev–Trinajstić information content (AvgIpc) is 3.03. The van der Waals surface area contributed by atoms with E-state index < -0.39 is 17.6 Å². The van der Waals surface area contributed by atoms with Gasteiger partial charge in [-0.2, -0.15) is 5.10 Å². The summed E-state index contributed by atoms with van der Waals surface area (Å²) >= 11 is 0. The van der Waals surface area contributed by atoms with Crippen molar-refractivity contribution in [2.75, 3.05) is 6.54 Å². The van der Waals surface area contributed by atoms with Crippen molar-refractivity contribution in [1.82, 2.24) is 14.7 Å². The van der Waals surface area contributed by atoms with Crippen LogP contribution in [0.4, 0.5) is 0 Å². The number of carbonyl (C=O) groups excluding carboxylic acids is 1. The number of aromatic nitrogens is 2. The highest BCUT2D eigenvalue weighted by Gasteiger charge is 2.49. The molecular weight excluding hydrogens is 260 g/mol. The fraction of sp³-hybridized carbons (Fsp3) is 0.615. The molecule has 20 heavy (non-hydrogen) atoms. The lowest BCUT2D eigenvalue weighted by atomic mass is 9.92. The van der Waals surface area contributed by atoms with E-state index in [0.717, 1.165) is 0 Å². The molecule has 0 aliphatic carbocycles. The number of carboxylic acid groups (broad SMARTS) is 1. The van der Waals surface area contributed by atoms with E-state index >= 15 is 0 Å². The van der Waals surface area contributed by atoms with Crippen molar-refractivity contribution >= 4 is 11.9 Å². The zero-order chi connectivity index (χ0) is 14.9. The Kier molecular flexibility index (Phi) is 3.80. The number of likely N-dealkylation sites (tertiary alicyclic amines) is 1. The number of hydrogen-bond donors (Lipinski definition) is 2. The van der Waals surface area contributed by atoms with E-state index in [-0.39, 0.29) is 5.91 Å². The topological polar surface area (TPSA) is 101 Å². The van der Waals surface area contributed by atoms with Crippen molar-refractivity contribution < 1.29 is 14.7 Å². The number of aryl methyl sites for hydroxylation is 1. The maximum atomic E-state index is 12.5. The average molecular weight is 280 g/mol. The summed E-state index contributed by atoms with van der Waals surface area (Å²) in [6.07, 6.45) is 4.75. The summed E-state index contributed by atoms with van der Waals surface area (Å²) in [6.45, 7) is 2.22. The third-order valence-electron chi connectivity index (χ3n) is 4.09. The minimum atomic E-state index is -1.11. The maximum absolute atomic E-state index is 12.5. The third-order valence-corrected chi connectivity index (χ3v) is 4.09. The van der Waals surface area contributed by atoms with E-state index in [1.54, 1.807) is 24.9 Å². The van der Waals surface area contributed by atoms with E-state index in [0.29, 0.717) is 31.4 Å². The Bertz CT molecular complexity index is 527. The summed E-state index contributed by atoms with van der Waals surface area (Å²) in [5.41, 5.74) is 5.45. The smallest absolute Gasteiger partial charge is 0.329 e. The number of carboxylic acids is 1. The molecule has 1 aromatic rings. The SMILES string of the molecule is CCC1(C(=O)O)CCCN1C(=O)C(N)c1cnn(C)c1. The molecule has 1 fully saturated rings. The molecule has 7 nitrogen and oxygen atoms in total. The van der Waals surface area contributed by atoms with Crippen molar-refractivity contribution in [3.05, 3.63) is 18.0 Å². The molecule has 2 rings (SSSR count). The van der Waals surface area contributed by atoms with Crippen LogP contribution in [0.5, 0.6) is 0 Å². The Morgan fingerprint density at radius 2 is 2.30 bits per heavy atom. The van der Waals surface area contributed by atoms with Crippen LogP contribution in [-0.4, -0.2) is 43.7 Å². The fourth-order valence-electron chi connectivity index (χ4n) is 2.85. The Morgan fingerprint density at radius 1 is 1.60 bits per heavy atom. The van der Waals surface area contributed by atoms with Crippen LogP contribution in [0.3, 0.4) is 0 Å². The fourth-order valence-corrected chi connectivity index (χ4v) is 2.85. The molecule has 3 N–H and O–H groups in total. The van der Waals surface area contributed by atoms with Gasteiger partial charge in [0.1, 0.15) is 11.6 Å². The number of aliphatic carboxylic acids is 1. The molecule has 0 bridgehead atoms. The minimum absolute atomic E-state index is 0.347. The van der Waals surface area contributed by atoms with Crippen molar-refractivity contribution in [3.63, 3.8) is 0 Å². The molecule has 1 aromatic heterocycles. The Morgan fingerprint density at radius 3 is 2.80 bits per heavy atom. The van der Waals surface area contributed by atoms with Crippen LogP contribution in [0.25, 0.3) is 0 Å². The molecule has 1 aliphatic rings. The highest BCUT2D eigenvalue weighted by atomic mass is 16.4. The second-order valence-electron chi connectivity index (χ2n) is 5.21. The van der Waals surface area contributed by atoms with Gasteiger partial charge in [-0.05, 0) is 19.3 Å². The Hall–Kier alpha value is -1.89. The monoisotopic (exact) mass is 280 g/mol. The predicted molar refractivity (Wildman–Crippen MR) is 71.7 cm³/mol. The minimum Gasteiger partial charge on any atom is -0.479 e. The first-order valence-electron chi connectivity index (χ1n) is 6.71. The van der Waals surface area contributed by atoms with Gasteiger partial charge in [0.05, 0.1) is 6.20 Å². The van der Waals surface area contributed by atoms with Crippen LogP contribution in [0.15, 0.2) is 12.4 Å². The first-order valence-corrected chi connectivity index (χ1v) is 6.71. The molecule has 2 atom stereocenters. The molecule has 7 heteroatoms. The predicted octanol–water partition coefficient (Wildman–Crippen LogP) is 0.276.